The Bertz CT molecular complexity index is 189. The molecular weight excluding hydrogens is 100 g/mol. The smallest absolute Gasteiger partial charge is 0.163 e. The fraction of sp³-hybridized carbons (Fsp3) is 0.286. The van der Waals surface area contributed by atoms with Crippen molar-refractivity contribution in [2.45, 2.75) is 0 Å². The van der Waals surface area contributed by atoms with Crippen molar-refractivity contribution in [1.82, 2.24) is 0 Å². The second-order valence-electron chi connectivity index (χ2n) is 2.25. The Balaban J connectivity index is 2.38. The van der Waals surface area contributed by atoms with Gasteiger partial charge >= 0.3 is 0 Å². The number of carbonyl (C=O) groups excluding carboxylic acids is 1. The van der Waals surface area contributed by atoms with Crippen LogP contribution in [-0.4, -0.2) is 5.78 Å². The van der Waals surface area contributed by atoms with E-state index in [1.165, 1.54) is 0 Å². The lowest BCUT2D eigenvalue weighted by Crippen LogP contribution is -2.18. The second-order valence-corrected chi connectivity index (χ2v) is 2.25. The Kier molecular flexibility index (Phi) is 0.562. The lowest BCUT2D eigenvalue weighted by Gasteiger charge is -2.18. The van der Waals surface area contributed by atoms with Gasteiger partial charge in [0.1, 0.15) is 0 Å². The van der Waals surface area contributed by atoms with Gasteiger partial charge in [-0.05, 0) is 6.08 Å². The van der Waals surface area contributed by atoms with Gasteiger partial charge in [0.05, 0.1) is 0 Å². The van der Waals surface area contributed by atoms with E-state index in [-0.39, 0.29) is 11.7 Å². The highest BCUT2D eigenvalue weighted by Crippen LogP contribution is 2.32. The molecule has 1 heteroatoms. The molecule has 2 atom stereocenters. The Morgan fingerprint density at radius 1 is 1.25 bits per heavy atom. The minimum Gasteiger partial charge on any atom is -0.294 e. The van der Waals surface area contributed by atoms with Gasteiger partial charge in [0, 0.05) is 11.8 Å². The van der Waals surface area contributed by atoms with Crippen LogP contribution in [0.4, 0.5) is 0 Å². The lowest BCUT2D eigenvalue weighted by atomic mass is 9.85. The van der Waals surface area contributed by atoms with Gasteiger partial charge in [-0.25, -0.2) is 0 Å². The Morgan fingerprint density at radius 3 is 2.38 bits per heavy atom. The summed E-state index contributed by atoms with van der Waals surface area (Å²) in [7, 11) is 0. The van der Waals surface area contributed by atoms with Crippen molar-refractivity contribution >= 4 is 5.78 Å². The van der Waals surface area contributed by atoms with Crippen molar-refractivity contribution in [1.29, 1.82) is 0 Å². The topological polar surface area (TPSA) is 17.1 Å². The van der Waals surface area contributed by atoms with Gasteiger partial charge in [0.2, 0.25) is 0 Å². The number of ketones is 1. The third-order valence-corrected chi connectivity index (χ3v) is 1.77. The van der Waals surface area contributed by atoms with Crippen molar-refractivity contribution in [3.05, 3.63) is 24.3 Å². The van der Waals surface area contributed by atoms with Crippen LogP contribution in [0.15, 0.2) is 24.3 Å². The summed E-state index contributed by atoms with van der Waals surface area (Å²) < 4.78 is 0. The number of fused-ring (bicyclic) bond motifs is 1. The third-order valence-electron chi connectivity index (χ3n) is 1.77. The highest BCUT2D eigenvalue weighted by molar-refractivity contribution is 5.97. The largest absolute Gasteiger partial charge is 0.294 e. The number of rotatable bonds is 0. The van der Waals surface area contributed by atoms with Crippen LogP contribution in [0.5, 0.6) is 0 Å². The van der Waals surface area contributed by atoms with Crippen LogP contribution in [0.3, 0.4) is 0 Å². The van der Waals surface area contributed by atoms with Gasteiger partial charge in [0.15, 0.2) is 5.78 Å². The molecule has 0 N–H and O–H groups in total. The Hall–Kier alpha value is -0.850. The van der Waals surface area contributed by atoms with Crippen molar-refractivity contribution in [2.75, 3.05) is 0 Å². The predicted molar refractivity (Wildman–Crippen MR) is 30.3 cm³/mol. The molecule has 0 bridgehead atoms. The normalized spacial score (nSPS) is 39.8. The summed E-state index contributed by atoms with van der Waals surface area (Å²) in [5.74, 6) is 0.968. The van der Waals surface area contributed by atoms with E-state index in [1.54, 1.807) is 6.08 Å². The molecule has 2 aliphatic rings. The van der Waals surface area contributed by atoms with Crippen LogP contribution >= 0.6 is 0 Å². The monoisotopic (exact) mass is 106 g/mol. The third kappa shape index (κ3) is 0.302. The van der Waals surface area contributed by atoms with Gasteiger partial charge in [0.25, 0.3) is 0 Å². The average Bonchev–Trinajstić information content (AvgIpc) is 1.80. The average molecular weight is 106 g/mol. The van der Waals surface area contributed by atoms with E-state index in [2.05, 4.69) is 6.08 Å². The minimum atomic E-state index is 0.231. The van der Waals surface area contributed by atoms with Gasteiger partial charge in [-0.15, -0.1) is 0 Å². The first-order chi connectivity index (χ1) is 3.88. The molecule has 0 radical (unpaired) electrons. The molecule has 0 saturated carbocycles. The molecule has 0 saturated heterocycles. The van der Waals surface area contributed by atoms with Gasteiger partial charge in [-0.2, -0.15) is 0 Å². The quantitative estimate of drug-likeness (QED) is 0.420. The first-order valence-corrected chi connectivity index (χ1v) is 2.78. The molecule has 2 rings (SSSR count). The summed E-state index contributed by atoms with van der Waals surface area (Å²) in [6.45, 7) is 0. The van der Waals surface area contributed by atoms with Crippen LogP contribution in [0, 0.1) is 11.8 Å². The molecular formula is C7H6O. The zero-order valence-corrected chi connectivity index (χ0v) is 4.37. The van der Waals surface area contributed by atoms with E-state index >= 15 is 0 Å². The summed E-state index contributed by atoms with van der Waals surface area (Å²) in [5, 5.41) is 0. The summed E-state index contributed by atoms with van der Waals surface area (Å²) in [6.07, 6.45) is 7.67. The van der Waals surface area contributed by atoms with E-state index in [0.29, 0.717) is 5.92 Å². The van der Waals surface area contributed by atoms with Crippen molar-refractivity contribution in [2.24, 2.45) is 11.8 Å². The second kappa shape index (κ2) is 1.10. The van der Waals surface area contributed by atoms with Crippen molar-refractivity contribution < 1.29 is 4.79 Å². The number of allylic oxidation sites excluding steroid dienone is 4. The highest BCUT2D eigenvalue weighted by Gasteiger charge is 2.31. The van der Waals surface area contributed by atoms with Crippen molar-refractivity contribution in [3.63, 3.8) is 0 Å². The molecule has 0 aromatic carbocycles. The number of carbonyl (C=O) groups is 1. The van der Waals surface area contributed by atoms with Gasteiger partial charge in [-0.1, -0.05) is 18.2 Å². The molecule has 8 heavy (non-hydrogen) atoms. The first-order valence-electron chi connectivity index (χ1n) is 2.78. The molecule has 0 spiro atoms. The molecule has 0 aromatic rings. The van der Waals surface area contributed by atoms with Crippen LogP contribution < -0.4 is 0 Å². The highest BCUT2D eigenvalue weighted by atomic mass is 16.1. The van der Waals surface area contributed by atoms with Crippen LogP contribution in [0.25, 0.3) is 0 Å². The van der Waals surface area contributed by atoms with Gasteiger partial charge < -0.3 is 0 Å². The van der Waals surface area contributed by atoms with E-state index in [9.17, 15) is 4.79 Å². The molecule has 0 fully saturated rings. The van der Waals surface area contributed by atoms with E-state index < -0.39 is 0 Å². The summed E-state index contributed by atoms with van der Waals surface area (Å²) in [6, 6.07) is 0. The molecule has 0 amide bonds. The number of hydrogen-bond donors (Lipinski definition) is 0. The minimum absolute atomic E-state index is 0.231. The van der Waals surface area contributed by atoms with Crippen LogP contribution in [-0.2, 0) is 4.79 Å². The molecule has 1 nitrogen and oxygen atoms in total. The van der Waals surface area contributed by atoms with Gasteiger partial charge in [-0.3, -0.25) is 4.79 Å². The standard InChI is InChI=1S/C7H6O/c8-7-4-2-5-1-3-6(5)7/h1-6H/t5?,6-/m0/s1. The summed E-state index contributed by atoms with van der Waals surface area (Å²) >= 11 is 0. The fourth-order valence-corrected chi connectivity index (χ4v) is 1.14. The molecule has 0 heterocycles. The maximum atomic E-state index is 10.7. The summed E-state index contributed by atoms with van der Waals surface area (Å²) in [4.78, 5) is 10.7. The maximum Gasteiger partial charge on any atom is 0.163 e. The molecule has 2 aliphatic carbocycles. The zero-order chi connectivity index (χ0) is 5.56. The van der Waals surface area contributed by atoms with Crippen LogP contribution in [0.1, 0.15) is 0 Å². The predicted octanol–water partition coefficient (Wildman–Crippen LogP) is 0.927. The lowest BCUT2D eigenvalue weighted by molar-refractivity contribution is -0.117. The Morgan fingerprint density at radius 2 is 2.12 bits per heavy atom. The van der Waals surface area contributed by atoms with Crippen LogP contribution in [0.2, 0.25) is 0 Å². The SMILES string of the molecule is O=C1C=CC2C=C[C@H]12. The fourth-order valence-electron chi connectivity index (χ4n) is 1.14. The first kappa shape index (κ1) is 4.07. The molecule has 1 unspecified atom stereocenters. The van der Waals surface area contributed by atoms with E-state index in [4.69, 9.17) is 0 Å². The number of hydrogen-bond acceptors (Lipinski definition) is 1. The summed E-state index contributed by atoms with van der Waals surface area (Å²) in [5.41, 5.74) is 0. The van der Waals surface area contributed by atoms with Crippen molar-refractivity contribution in [3.8, 4) is 0 Å². The molecule has 40 valence electrons. The molecule has 0 aromatic heterocycles. The zero-order valence-electron chi connectivity index (χ0n) is 4.37. The Labute approximate surface area is 47.7 Å². The van der Waals surface area contributed by atoms with E-state index in [1.807, 2.05) is 12.2 Å². The molecule has 0 aliphatic heterocycles. The maximum absolute atomic E-state index is 10.7. The van der Waals surface area contributed by atoms with E-state index in [0.717, 1.165) is 0 Å².